The van der Waals surface area contributed by atoms with Gasteiger partial charge in [0.05, 0.1) is 30.4 Å². The Morgan fingerprint density at radius 1 is 1.18 bits per heavy atom. The standard InChI is InChI=1S/C30H37IN2O7/c1-4-5-10-28(35)33(15-13-20-17-22(38-2)11-12-25(20)39-3)24-18-21(30(37)32-14-16-34)19-27(29(24)36)40-26-9-7-6-8-23(26)31/h4,6-9,11-12,17,19,24,27,29,34,36H,1,5,10,13-16,18H2,2-3H3,(H,32,37). The first kappa shape index (κ1) is 31.4. The average Bonchev–Trinajstić information content (AvgIpc) is 2.97. The lowest BCUT2D eigenvalue weighted by Gasteiger charge is -2.40. The molecule has 0 saturated carbocycles. The zero-order valence-corrected chi connectivity index (χ0v) is 25.0. The van der Waals surface area contributed by atoms with Gasteiger partial charge in [-0.1, -0.05) is 18.2 Å². The first-order chi connectivity index (χ1) is 19.3. The van der Waals surface area contributed by atoms with E-state index in [0.717, 1.165) is 9.13 Å². The fourth-order valence-corrected chi connectivity index (χ4v) is 5.14. The minimum Gasteiger partial charge on any atom is -0.497 e. The van der Waals surface area contributed by atoms with Gasteiger partial charge in [-0.3, -0.25) is 9.59 Å². The van der Waals surface area contributed by atoms with Gasteiger partial charge in [0.25, 0.3) is 0 Å². The van der Waals surface area contributed by atoms with E-state index in [2.05, 4.69) is 34.5 Å². The fraction of sp³-hybridized carbons (Fsp3) is 0.400. The van der Waals surface area contributed by atoms with Crippen LogP contribution < -0.4 is 19.5 Å². The Balaban J connectivity index is 1.96. The number of allylic oxidation sites excluding steroid dienone is 1. The molecule has 0 radical (unpaired) electrons. The predicted octanol–water partition coefficient (Wildman–Crippen LogP) is 3.26. The molecule has 3 unspecified atom stereocenters. The van der Waals surface area contributed by atoms with Crippen LogP contribution in [0.25, 0.3) is 0 Å². The Labute approximate surface area is 248 Å². The summed E-state index contributed by atoms with van der Waals surface area (Å²) in [5, 5.41) is 23.5. The van der Waals surface area contributed by atoms with Gasteiger partial charge in [-0.25, -0.2) is 0 Å². The van der Waals surface area contributed by atoms with Crippen LogP contribution in [-0.4, -0.2) is 79.1 Å². The molecule has 3 N–H and O–H groups in total. The second kappa shape index (κ2) is 15.6. The van der Waals surface area contributed by atoms with E-state index in [9.17, 15) is 19.8 Å². The number of methoxy groups -OCH3 is 2. The van der Waals surface area contributed by atoms with Gasteiger partial charge in [0.1, 0.15) is 29.5 Å². The van der Waals surface area contributed by atoms with Gasteiger partial charge in [0.15, 0.2) is 0 Å². The topological polar surface area (TPSA) is 118 Å². The van der Waals surface area contributed by atoms with Crippen LogP contribution in [0.3, 0.4) is 0 Å². The third-order valence-electron chi connectivity index (χ3n) is 6.71. The summed E-state index contributed by atoms with van der Waals surface area (Å²) in [4.78, 5) is 28.2. The molecule has 10 heteroatoms. The largest absolute Gasteiger partial charge is 0.497 e. The summed E-state index contributed by atoms with van der Waals surface area (Å²) in [7, 11) is 3.16. The molecule has 9 nitrogen and oxygen atoms in total. The van der Waals surface area contributed by atoms with Gasteiger partial charge in [-0.05, 0) is 77.4 Å². The lowest BCUT2D eigenvalue weighted by Crippen LogP contribution is -2.55. The van der Waals surface area contributed by atoms with Crippen molar-refractivity contribution in [2.24, 2.45) is 0 Å². The van der Waals surface area contributed by atoms with Crippen molar-refractivity contribution in [3.8, 4) is 17.2 Å². The summed E-state index contributed by atoms with van der Waals surface area (Å²) in [6.07, 6.45) is 2.53. The number of hydrogen-bond donors (Lipinski definition) is 3. The van der Waals surface area contributed by atoms with Crippen LogP contribution in [0.1, 0.15) is 24.8 Å². The lowest BCUT2D eigenvalue weighted by molar-refractivity contribution is -0.138. The molecule has 0 bridgehead atoms. The quantitative estimate of drug-likeness (QED) is 0.210. The van der Waals surface area contributed by atoms with Crippen molar-refractivity contribution in [2.75, 3.05) is 33.9 Å². The molecule has 0 saturated heterocycles. The van der Waals surface area contributed by atoms with Crippen molar-refractivity contribution in [1.82, 2.24) is 10.2 Å². The van der Waals surface area contributed by atoms with Crippen molar-refractivity contribution in [1.29, 1.82) is 0 Å². The zero-order chi connectivity index (χ0) is 29.1. The summed E-state index contributed by atoms with van der Waals surface area (Å²) >= 11 is 2.15. The third kappa shape index (κ3) is 8.21. The molecule has 216 valence electrons. The number of halogens is 1. The monoisotopic (exact) mass is 664 g/mol. The number of rotatable bonds is 14. The molecule has 3 rings (SSSR count). The Morgan fingerprint density at radius 3 is 2.62 bits per heavy atom. The van der Waals surface area contributed by atoms with Gasteiger partial charge >= 0.3 is 0 Å². The Hall–Kier alpha value is -3.09. The van der Waals surface area contributed by atoms with Crippen molar-refractivity contribution in [3.05, 3.63) is 75.9 Å². The van der Waals surface area contributed by atoms with E-state index in [4.69, 9.17) is 14.2 Å². The molecule has 1 aliphatic rings. The van der Waals surface area contributed by atoms with E-state index < -0.39 is 18.2 Å². The van der Waals surface area contributed by atoms with Gasteiger partial charge < -0.3 is 34.6 Å². The highest BCUT2D eigenvalue weighted by Crippen LogP contribution is 2.31. The number of ether oxygens (including phenoxy) is 3. The summed E-state index contributed by atoms with van der Waals surface area (Å²) in [5.41, 5.74) is 1.22. The highest BCUT2D eigenvalue weighted by Gasteiger charge is 2.40. The summed E-state index contributed by atoms with van der Waals surface area (Å²) in [5.74, 6) is 1.33. The SMILES string of the molecule is C=CCCC(=O)N(CCc1cc(OC)ccc1OC)C1CC(C(=O)NCCO)=CC(Oc2ccccc2I)C1O. The number of aliphatic hydroxyl groups is 2. The van der Waals surface area contributed by atoms with Crippen LogP contribution in [0.5, 0.6) is 17.2 Å². The maximum Gasteiger partial charge on any atom is 0.247 e. The van der Waals surface area contributed by atoms with E-state index in [1.54, 1.807) is 43.4 Å². The van der Waals surface area contributed by atoms with Crippen molar-refractivity contribution in [3.63, 3.8) is 0 Å². The van der Waals surface area contributed by atoms with E-state index in [0.29, 0.717) is 35.7 Å². The van der Waals surface area contributed by atoms with E-state index in [1.807, 2.05) is 30.3 Å². The number of carbonyl (C=O) groups excluding carboxylic acids is 2. The smallest absolute Gasteiger partial charge is 0.247 e. The highest BCUT2D eigenvalue weighted by molar-refractivity contribution is 14.1. The Bertz CT molecular complexity index is 1200. The number of amides is 2. The molecule has 2 aromatic carbocycles. The van der Waals surface area contributed by atoms with Crippen molar-refractivity contribution in [2.45, 2.75) is 43.9 Å². The predicted molar refractivity (Wildman–Crippen MR) is 161 cm³/mol. The Kier molecular flexibility index (Phi) is 12.3. The van der Waals surface area contributed by atoms with Crippen LogP contribution in [0.15, 0.2) is 66.8 Å². The number of carbonyl (C=O) groups is 2. The number of hydrogen-bond acceptors (Lipinski definition) is 7. The van der Waals surface area contributed by atoms with E-state index >= 15 is 0 Å². The molecule has 2 amide bonds. The highest BCUT2D eigenvalue weighted by atomic mass is 127. The third-order valence-corrected chi connectivity index (χ3v) is 7.60. The number of para-hydroxylation sites is 1. The Morgan fingerprint density at radius 2 is 1.95 bits per heavy atom. The van der Waals surface area contributed by atoms with Crippen molar-refractivity contribution >= 4 is 34.4 Å². The first-order valence-electron chi connectivity index (χ1n) is 13.1. The van der Waals surface area contributed by atoms with E-state index in [-0.39, 0.29) is 44.4 Å². The second-order valence-electron chi connectivity index (χ2n) is 9.29. The molecule has 0 aliphatic heterocycles. The van der Waals surface area contributed by atoms with Crippen LogP contribution >= 0.6 is 22.6 Å². The molecule has 0 spiro atoms. The molecule has 3 atom stereocenters. The molecule has 0 aromatic heterocycles. The average molecular weight is 665 g/mol. The second-order valence-corrected chi connectivity index (χ2v) is 10.5. The number of nitrogens with zero attached hydrogens (tertiary/aromatic N) is 1. The molecule has 40 heavy (non-hydrogen) atoms. The molecule has 0 heterocycles. The lowest BCUT2D eigenvalue weighted by atomic mass is 9.87. The zero-order valence-electron chi connectivity index (χ0n) is 22.8. The number of nitrogens with one attached hydrogen (secondary N) is 1. The van der Waals surface area contributed by atoms with Crippen LogP contribution in [0.2, 0.25) is 0 Å². The fourth-order valence-electron chi connectivity index (χ4n) is 4.63. The maximum atomic E-state index is 13.5. The van der Waals surface area contributed by atoms with E-state index in [1.165, 1.54) is 0 Å². The maximum absolute atomic E-state index is 13.5. The first-order valence-corrected chi connectivity index (χ1v) is 14.2. The van der Waals surface area contributed by atoms with Gasteiger partial charge in [0.2, 0.25) is 11.8 Å². The molecular formula is C30H37IN2O7. The van der Waals surface area contributed by atoms with Crippen molar-refractivity contribution < 1.29 is 34.0 Å². The molecule has 2 aromatic rings. The van der Waals surface area contributed by atoms with Gasteiger partial charge in [-0.2, -0.15) is 0 Å². The van der Waals surface area contributed by atoms with Gasteiger partial charge in [-0.15, -0.1) is 6.58 Å². The van der Waals surface area contributed by atoms with Crippen LogP contribution in [0, 0.1) is 3.57 Å². The molecule has 1 aliphatic carbocycles. The molecular weight excluding hydrogens is 627 g/mol. The summed E-state index contributed by atoms with van der Waals surface area (Å²) < 4.78 is 17.9. The summed E-state index contributed by atoms with van der Waals surface area (Å²) in [6, 6.07) is 12.1. The van der Waals surface area contributed by atoms with Crippen LogP contribution in [-0.2, 0) is 16.0 Å². The number of aliphatic hydroxyl groups excluding tert-OH is 2. The minimum absolute atomic E-state index is 0.0864. The molecule has 0 fully saturated rings. The minimum atomic E-state index is -1.11. The van der Waals surface area contributed by atoms with Gasteiger partial charge in [0, 0.05) is 31.5 Å². The normalized spacial score (nSPS) is 18.3. The van der Waals surface area contributed by atoms with Crippen LogP contribution in [0.4, 0.5) is 0 Å². The number of benzene rings is 2. The summed E-state index contributed by atoms with van der Waals surface area (Å²) in [6.45, 7) is 3.88.